The SMILES string of the molecule is Cc1cc2cc[nH]c2cc1NC(=O)c1ccc2nnnn2c1. The Morgan fingerprint density at radius 2 is 2.18 bits per heavy atom. The van der Waals surface area contributed by atoms with Crippen LogP contribution in [0, 0.1) is 6.92 Å². The molecule has 3 heterocycles. The molecule has 2 N–H and O–H groups in total. The number of carbonyl (C=O) groups excluding carboxylic acids is 1. The maximum Gasteiger partial charge on any atom is 0.257 e. The van der Waals surface area contributed by atoms with Gasteiger partial charge in [-0.2, -0.15) is 4.52 Å². The Hall–Kier alpha value is -3.22. The van der Waals surface area contributed by atoms with Crippen molar-refractivity contribution in [1.29, 1.82) is 0 Å². The molecule has 0 atom stereocenters. The van der Waals surface area contributed by atoms with Gasteiger partial charge in [-0.3, -0.25) is 4.79 Å². The second kappa shape index (κ2) is 4.66. The normalized spacial score (nSPS) is 11.1. The van der Waals surface area contributed by atoms with Crippen molar-refractivity contribution in [2.45, 2.75) is 6.92 Å². The van der Waals surface area contributed by atoms with Crippen molar-refractivity contribution >= 4 is 28.1 Å². The van der Waals surface area contributed by atoms with Crippen molar-refractivity contribution < 1.29 is 4.79 Å². The van der Waals surface area contributed by atoms with E-state index < -0.39 is 0 Å². The second-order valence-electron chi connectivity index (χ2n) is 5.09. The van der Waals surface area contributed by atoms with Crippen LogP contribution in [0.4, 0.5) is 5.69 Å². The van der Waals surface area contributed by atoms with E-state index in [4.69, 9.17) is 0 Å². The Bertz CT molecular complexity index is 1000. The third kappa shape index (κ3) is 1.99. The second-order valence-corrected chi connectivity index (χ2v) is 5.09. The first-order valence-corrected chi connectivity index (χ1v) is 6.77. The van der Waals surface area contributed by atoms with Crippen LogP contribution in [-0.2, 0) is 0 Å². The van der Waals surface area contributed by atoms with E-state index in [-0.39, 0.29) is 5.91 Å². The van der Waals surface area contributed by atoms with E-state index >= 15 is 0 Å². The molecule has 0 spiro atoms. The molecule has 0 saturated heterocycles. The number of benzene rings is 1. The smallest absolute Gasteiger partial charge is 0.257 e. The number of amides is 1. The van der Waals surface area contributed by atoms with Gasteiger partial charge in [-0.1, -0.05) is 0 Å². The van der Waals surface area contributed by atoms with E-state index in [1.165, 1.54) is 4.52 Å². The molecule has 7 nitrogen and oxygen atoms in total. The summed E-state index contributed by atoms with van der Waals surface area (Å²) in [5.74, 6) is -0.202. The monoisotopic (exact) mass is 292 g/mol. The fourth-order valence-electron chi connectivity index (χ4n) is 2.42. The average molecular weight is 292 g/mol. The van der Waals surface area contributed by atoms with Crippen molar-refractivity contribution in [2.24, 2.45) is 0 Å². The number of fused-ring (bicyclic) bond motifs is 2. The van der Waals surface area contributed by atoms with Crippen LogP contribution < -0.4 is 5.32 Å². The molecule has 0 radical (unpaired) electrons. The Labute approximate surface area is 125 Å². The number of aromatic amines is 1. The summed E-state index contributed by atoms with van der Waals surface area (Å²) in [6.45, 7) is 1.96. The predicted molar refractivity (Wildman–Crippen MR) is 81.8 cm³/mol. The summed E-state index contributed by atoms with van der Waals surface area (Å²) in [5.41, 5.74) is 3.85. The van der Waals surface area contributed by atoms with Crippen LogP contribution in [0.15, 0.2) is 42.7 Å². The van der Waals surface area contributed by atoms with Crippen LogP contribution in [0.25, 0.3) is 16.6 Å². The van der Waals surface area contributed by atoms with Gasteiger partial charge in [0.25, 0.3) is 5.91 Å². The third-order valence-corrected chi connectivity index (χ3v) is 3.60. The quantitative estimate of drug-likeness (QED) is 0.592. The molecule has 7 heteroatoms. The van der Waals surface area contributed by atoms with Crippen molar-refractivity contribution in [3.05, 3.63) is 53.9 Å². The summed E-state index contributed by atoms with van der Waals surface area (Å²) in [6, 6.07) is 9.36. The highest BCUT2D eigenvalue weighted by Gasteiger charge is 2.10. The molecule has 0 saturated carbocycles. The highest BCUT2D eigenvalue weighted by Crippen LogP contribution is 2.23. The summed E-state index contributed by atoms with van der Waals surface area (Å²) < 4.78 is 1.47. The average Bonchev–Trinajstić information content (AvgIpc) is 3.14. The molecule has 0 bridgehead atoms. The van der Waals surface area contributed by atoms with Gasteiger partial charge in [-0.15, -0.1) is 5.10 Å². The molecule has 108 valence electrons. The van der Waals surface area contributed by atoms with E-state index in [9.17, 15) is 4.79 Å². The number of rotatable bonds is 2. The first-order chi connectivity index (χ1) is 10.7. The van der Waals surface area contributed by atoms with Gasteiger partial charge in [0.05, 0.1) is 5.56 Å². The molecule has 0 unspecified atom stereocenters. The van der Waals surface area contributed by atoms with Crippen LogP contribution in [0.5, 0.6) is 0 Å². The van der Waals surface area contributed by atoms with E-state index in [2.05, 4.69) is 25.8 Å². The number of aromatic nitrogens is 5. The lowest BCUT2D eigenvalue weighted by molar-refractivity contribution is 0.102. The number of carbonyl (C=O) groups is 1. The number of nitrogens with zero attached hydrogens (tertiary/aromatic N) is 4. The lowest BCUT2D eigenvalue weighted by Gasteiger charge is -2.09. The minimum absolute atomic E-state index is 0.202. The van der Waals surface area contributed by atoms with Crippen molar-refractivity contribution in [3.8, 4) is 0 Å². The number of hydrogen-bond donors (Lipinski definition) is 2. The maximum atomic E-state index is 12.4. The topological polar surface area (TPSA) is 88.0 Å². The van der Waals surface area contributed by atoms with Gasteiger partial charge in [-0.05, 0) is 58.6 Å². The van der Waals surface area contributed by atoms with Gasteiger partial charge >= 0.3 is 0 Å². The van der Waals surface area contributed by atoms with Crippen LogP contribution in [0.1, 0.15) is 15.9 Å². The lowest BCUT2D eigenvalue weighted by atomic mass is 10.1. The zero-order valence-electron chi connectivity index (χ0n) is 11.7. The minimum atomic E-state index is -0.202. The van der Waals surface area contributed by atoms with E-state index in [1.54, 1.807) is 18.3 Å². The van der Waals surface area contributed by atoms with Gasteiger partial charge in [0.2, 0.25) is 0 Å². The molecule has 4 aromatic rings. The summed E-state index contributed by atoms with van der Waals surface area (Å²) in [4.78, 5) is 15.5. The molecule has 0 aliphatic heterocycles. The molecule has 3 aromatic heterocycles. The predicted octanol–water partition coefficient (Wildman–Crippen LogP) is 2.17. The van der Waals surface area contributed by atoms with Gasteiger partial charge < -0.3 is 10.3 Å². The number of pyridine rings is 1. The molecular formula is C15H12N6O. The van der Waals surface area contributed by atoms with Crippen molar-refractivity contribution in [1.82, 2.24) is 25.0 Å². The number of nitrogens with one attached hydrogen (secondary N) is 2. The number of tetrazole rings is 1. The lowest BCUT2D eigenvalue weighted by Crippen LogP contribution is -2.13. The van der Waals surface area contributed by atoms with Crippen LogP contribution >= 0.6 is 0 Å². The number of hydrogen-bond acceptors (Lipinski definition) is 4. The molecule has 0 aliphatic carbocycles. The van der Waals surface area contributed by atoms with Gasteiger partial charge in [-0.25, -0.2) is 0 Å². The molecule has 1 amide bonds. The van der Waals surface area contributed by atoms with E-state index in [0.29, 0.717) is 11.2 Å². The molecule has 0 aliphatic rings. The fraction of sp³-hybridized carbons (Fsp3) is 0.0667. The van der Waals surface area contributed by atoms with E-state index in [1.807, 2.05) is 31.3 Å². The van der Waals surface area contributed by atoms with Crippen molar-refractivity contribution in [2.75, 3.05) is 5.32 Å². The summed E-state index contributed by atoms with van der Waals surface area (Å²) in [5, 5.41) is 15.2. The molecule has 0 fully saturated rings. The Morgan fingerprint density at radius 1 is 1.27 bits per heavy atom. The number of H-pyrrole nitrogens is 1. The molecular weight excluding hydrogens is 280 g/mol. The highest BCUT2D eigenvalue weighted by molar-refractivity contribution is 6.05. The fourth-order valence-corrected chi connectivity index (χ4v) is 2.42. The van der Waals surface area contributed by atoms with Crippen LogP contribution in [0.2, 0.25) is 0 Å². The Morgan fingerprint density at radius 3 is 3.09 bits per heavy atom. The van der Waals surface area contributed by atoms with Crippen LogP contribution in [-0.4, -0.2) is 30.9 Å². The molecule has 22 heavy (non-hydrogen) atoms. The van der Waals surface area contributed by atoms with Gasteiger partial charge in [0.1, 0.15) is 0 Å². The first-order valence-electron chi connectivity index (χ1n) is 6.77. The van der Waals surface area contributed by atoms with Gasteiger partial charge in [0.15, 0.2) is 5.65 Å². The molecule has 4 rings (SSSR count). The molecule has 1 aromatic carbocycles. The maximum absolute atomic E-state index is 12.4. The zero-order valence-corrected chi connectivity index (χ0v) is 11.7. The van der Waals surface area contributed by atoms with Crippen LogP contribution in [0.3, 0.4) is 0 Å². The highest BCUT2D eigenvalue weighted by atomic mass is 16.1. The van der Waals surface area contributed by atoms with Gasteiger partial charge in [0, 0.05) is 23.6 Å². The van der Waals surface area contributed by atoms with E-state index in [0.717, 1.165) is 22.2 Å². The Balaban J connectivity index is 1.68. The number of anilines is 1. The summed E-state index contributed by atoms with van der Waals surface area (Å²) in [7, 11) is 0. The first kappa shape index (κ1) is 12.5. The summed E-state index contributed by atoms with van der Waals surface area (Å²) in [6.07, 6.45) is 3.48. The van der Waals surface area contributed by atoms with Crippen molar-refractivity contribution in [3.63, 3.8) is 0 Å². The largest absolute Gasteiger partial charge is 0.361 e. The number of aryl methyl sites for hydroxylation is 1. The minimum Gasteiger partial charge on any atom is -0.361 e. The standard InChI is InChI=1S/C15H12N6O/c1-9-6-10-4-5-16-13(10)7-12(9)17-15(22)11-2-3-14-18-19-20-21(14)8-11/h2-8,16H,1H3,(H,17,22). The third-order valence-electron chi connectivity index (χ3n) is 3.60. The Kier molecular flexibility index (Phi) is 2.65. The zero-order chi connectivity index (χ0) is 15.1. The summed E-state index contributed by atoms with van der Waals surface area (Å²) >= 11 is 0.